The maximum absolute atomic E-state index is 12.7. The Morgan fingerprint density at radius 2 is 1.83 bits per heavy atom. The zero-order valence-corrected chi connectivity index (χ0v) is 17.6. The number of furan rings is 1. The topological polar surface area (TPSA) is 99.0 Å². The van der Waals surface area contributed by atoms with Gasteiger partial charge in [0.1, 0.15) is 17.1 Å². The number of ether oxygens (including phenoxy) is 3. The molecule has 1 N–H and O–H groups in total. The molecule has 9 heteroatoms. The summed E-state index contributed by atoms with van der Waals surface area (Å²) in [6, 6.07) is 7.07. The molecule has 0 fully saturated rings. The van der Waals surface area contributed by atoms with E-state index in [1.54, 1.807) is 49.6 Å². The summed E-state index contributed by atoms with van der Waals surface area (Å²) in [6.45, 7) is 0.271. The van der Waals surface area contributed by atoms with E-state index in [0.717, 1.165) is 0 Å². The molecule has 3 aromatic rings. The number of hydrogen-bond acceptors (Lipinski definition) is 8. The second kappa shape index (κ2) is 9.17. The predicted octanol–water partition coefficient (Wildman–Crippen LogP) is 2.76. The van der Waals surface area contributed by atoms with Crippen LogP contribution in [0.1, 0.15) is 16.1 Å². The van der Waals surface area contributed by atoms with Crippen LogP contribution in [0.5, 0.6) is 17.2 Å². The van der Waals surface area contributed by atoms with Gasteiger partial charge in [0.05, 0.1) is 34.1 Å². The molecule has 0 aliphatic rings. The van der Waals surface area contributed by atoms with E-state index in [2.05, 4.69) is 15.3 Å². The van der Waals surface area contributed by atoms with Crippen LogP contribution >= 0.6 is 0 Å². The molecule has 30 heavy (non-hydrogen) atoms. The Kier molecular flexibility index (Phi) is 6.41. The Labute approximate surface area is 174 Å². The molecule has 2 heterocycles. The Morgan fingerprint density at radius 3 is 2.37 bits per heavy atom. The van der Waals surface area contributed by atoms with Crippen molar-refractivity contribution in [3.05, 3.63) is 48.0 Å². The van der Waals surface area contributed by atoms with Crippen molar-refractivity contribution in [3.8, 4) is 28.6 Å². The highest BCUT2D eigenvalue weighted by molar-refractivity contribution is 5.98. The zero-order chi connectivity index (χ0) is 21.7. The van der Waals surface area contributed by atoms with Gasteiger partial charge in [-0.25, -0.2) is 9.97 Å². The van der Waals surface area contributed by atoms with Crippen LogP contribution in [0, 0.1) is 0 Å². The third-order valence-corrected chi connectivity index (χ3v) is 4.36. The number of nitrogens with one attached hydrogen (secondary N) is 1. The largest absolute Gasteiger partial charge is 0.493 e. The molecule has 0 spiro atoms. The van der Waals surface area contributed by atoms with Crippen LogP contribution < -0.4 is 24.4 Å². The van der Waals surface area contributed by atoms with Crippen molar-refractivity contribution in [3.63, 3.8) is 0 Å². The first-order chi connectivity index (χ1) is 14.5. The maximum atomic E-state index is 12.7. The smallest absolute Gasteiger partial charge is 0.256 e. The standard InChI is InChI=1S/C21H24N4O5/c1-25(2)20-15(21(26)23-11-14-7-6-8-30-14)12-22-19(24-20)13-9-16(27-3)18(29-5)17(10-13)28-4/h6-10,12H,11H2,1-5H3,(H,23,26). The van der Waals surface area contributed by atoms with Crippen molar-refractivity contribution in [2.45, 2.75) is 6.54 Å². The van der Waals surface area contributed by atoms with Gasteiger partial charge in [-0.05, 0) is 24.3 Å². The minimum atomic E-state index is -0.299. The maximum Gasteiger partial charge on any atom is 0.256 e. The number of methoxy groups -OCH3 is 3. The normalized spacial score (nSPS) is 10.4. The minimum Gasteiger partial charge on any atom is -0.493 e. The highest BCUT2D eigenvalue weighted by Crippen LogP contribution is 2.40. The highest BCUT2D eigenvalue weighted by atomic mass is 16.5. The molecule has 0 saturated carbocycles. The van der Waals surface area contributed by atoms with Crippen molar-refractivity contribution >= 4 is 11.7 Å². The number of carbonyl (C=O) groups is 1. The molecule has 0 bridgehead atoms. The number of benzene rings is 1. The summed E-state index contributed by atoms with van der Waals surface area (Å²) in [7, 11) is 8.24. The molecule has 0 aliphatic carbocycles. The van der Waals surface area contributed by atoms with Crippen LogP contribution in [-0.2, 0) is 6.54 Å². The summed E-state index contributed by atoms with van der Waals surface area (Å²) in [6.07, 6.45) is 3.06. The van der Waals surface area contributed by atoms with E-state index in [9.17, 15) is 4.79 Å². The van der Waals surface area contributed by atoms with Crippen molar-refractivity contribution < 1.29 is 23.4 Å². The van der Waals surface area contributed by atoms with E-state index in [0.29, 0.717) is 45.8 Å². The van der Waals surface area contributed by atoms with E-state index in [-0.39, 0.29) is 12.5 Å². The number of rotatable bonds is 8. The van der Waals surface area contributed by atoms with E-state index in [1.165, 1.54) is 13.3 Å². The molecule has 0 saturated heterocycles. The summed E-state index contributed by atoms with van der Waals surface area (Å²) >= 11 is 0. The van der Waals surface area contributed by atoms with Gasteiger partial charge in [0, 0.05) is 25.9 Å². The fourth-order valence-corrected chi connectivity index (χ4v) is 2.90. The quantitative estimate of drug-likeness (QED) is 0.603. The van der Waals surface area contributed by atoms with Crippen LogP contribution in [-0.4, -0.2) is 51.3 Å². The third-order valence-electron chi connectivity index (χ3n) is 4.36. The molecule has 1 aromatic carbocycles. The molecule has 3 rings (SSSR count). The number of amides is 1. The molecule has 0 radical (unpaired) electrons. The lowest BCUT2D eigenvalue weighted by molar-refractivity contribution is 0.0948. The SMILES string of the molecule is COc1cc(-c2ncc(C(=O)NCc3ccco3)c(N(C)C)n2)cc(OC)c1OC. The van der Waals surface area contributed by atoms with Crippen LogP contribution in [0.15, 0.2) is 41.1 Å². The fraction of sp³-hybridized carbons (Fsp3) is 0.286. The molecule has 158 valence electrons. The van der Waals surface area contributed by atoms with Crippen molar-refractivity contribution in [2.24, 2.45) is 0 Å². The van der Waals surface area contributed by atoms with Crippen molar-refractivity contribution in [1.82, 2.24) is 15.3 Å². The van der Waals surface area contributed by atoms with Gasteiger partial charge in [-0.3, -0.25) is 4.79 Å². The molecule has 9 nitrogen and oxygen atoms in total. The molecule has 0 atom stereocenters. The molecule has 2 aromatic heterocycles. The second-order valence-corrected chi connectivity index (χ2v) is 6.50. The predicted molar refractivity (Wildman–Crippen MR) is 111 cm³/mol. The highest BCUT2D eigenvalue weighted by Gasteiger charge is 2.20. The molecule has 0 aliphatic heterocycles. The first-order valence-electron chi connectivity index (χ1n) is 9.13. The van der Waals surface area contributed by atoms with E-state index < -0.39 is 0 Å². The third kappa shape index (κ3) is 4.29. The zero-order valence-electron chi connectivity index (χ0n) is 17.6. The van der Waals surface area contributed by atoms with Gasteiger partial charge in [-0.1, -0.05) is 0 Å². The van der Waals surface area contributed by atoms with Gasteiger partial charge in [-0.2, -0.15) is 0 Å². The number of nitrogens with zero attached hydrogens (tertiary/aromatic N) is 3. The van der Waals surface area contributed by atoms with Crippen LogP contribution in [0.3, 0.4) is 0 Å². The van der Waals surface area contributed by atoms with Crippen LogP contribution in [0.2, 0.25) is 0 Å². The Morgan fingerprint density at radius 1 is 1.13 bits per heavy atom. The van der Waals surface area contributed by atoms with Gasteiger partial charge in [0.2, 0.25) is 5.75 Å². The van der Waals surface area contributed by atoms with E-state index in [1.807, 2.05) is 14.1 Å². The lowest BCUT2D eigenvalue weighted by Gasteiger charge is -2.17. The lowest BCUT2D eigenvalue weighted by Crippen LogP contribution is -2.26. The fourth-order valence-electron chi connectivity index (χ4n) is 2.90. The lowest BCUT2D eigenvalue weighted by atomic mass is 10.1. The van der Waals surface area contributed by atoms with Gasteiger partial charge in [0.15, 0.2) is 17.3 Å². The Bertz CT molecular complexity index is 993. The number of hydrogen-bond donors (Lipinski definition) is 1. The summed E-state index contributed by atoms with van der Waals surface area (Å²) in [5, 5.41) is 2.81. The summed E-state index contributed by atoms with van der Waals surface area (Å²) in [5.41, 5.74) is 1.01. The average molecular weight is 412 g/mol. The molecular weight excluding hydrogens is 388 g/mol. The monoisotopic (exact) mass is 412 g/mol. The number of anilines is 1. The van der Waals surface area contributed by atoms with Crippen molar-refractivity contribution in [2.75, 3.05) is 40.3 Å². The van der Waals surface area contributed by atoms with Gasteiger partial charge in [-0.15, -0.1) is 0 Å². The average Bonchev–Trinajstić information content (AvgIpc) is 3.29. The Hall–Kier alpha value is -3.75. The summed E-state index contributed by atoms with van der Waals surface area (Å²) < 4.78 is 21.4. The number of carbonyl (C=O) groups excluding carboxylic acids is 1. The Balaban J connectivity index is 1.96. The van der Waals surface area contributed by atoms with Crippen LogP contribution in [0.4, 0.5) is 5.82 Å². The van der Waals surface area contributed by atoms with Crippen molar-refractivity contribution in [1.29, 1.82) is 0 Å². The summed E-state index contributed by atoms with van der Waals surface area (Å²) in [4.78, 5) is 23.4. The first kappa shape index (κ1) is 21.0. The van der Waals surface area contributed by atoms with Gasteiger partial charge >= 0.3 is 0 Å². The molecular formula is C21H24N4O5. The molecule has 1 amide bonds. The minimum absolute atomic E-state index is 0.271. The number of aromatic nitrogens is 2. The van der Waals surface area contributed by atoms with Crippen LogP contribution in [0.25, 0.3) is 11.4 Å². The van der Waals surface area contributed by atoms with Gasteiger partial charge in [0.25, 0.3) is 5.91 Å². The van der Waals surface area contributed by atoms with E-state index >= 15 is 0 Å². The molecule has 0 unspecified atom stereocenters. The van der Waals surface area contributed by atoms with Gasteiger partial charge < -0.3 is 28.8 Å². The summed E-state index contributed by atoms with van der Waals surface area (Å²) in [5.74, 6) is 2.71. The van der Waals surface area contributed by atoms with E-state index in [4.69, 9.17) is 18.6 Å². The first-order valence-corrected chi connectivity index (χ1v) is 9.13. The second-order valence-electron chi connectivity index (χ2n) is 6.50.